The highest BCUT2D eigenvalue weighted by Crippen LogP contribution is 2.42. The topological polar surface area (TPSA) is 96.3 Å². The predicted octanol–water partition coefficient (Wildman–Crippen LogP) is 5.84. The highest BCUT2D eigenvalue weighted by atomic mass is 19.1. The monoisotopic (exact) mass is 498 g/mol. The van der Waals surface area contributed by atoms with Gasteiger partial charge in [0.2, 0.25) is 0 Å². The standard InChI is InChI=1S/C29H27FN4O3/c1-2-18-7-9-20(10-8-18)28(36)32-22-13-14-23(27(35)15-22)25-16-26(19-11-12-19)34(33-25)29(37)31-17-21-5-3-4-6-24(21)30/h3-10,13-16,19,35H,2,11-12,17H2,1H3,(H,31,37)(H,32,36). The van der Waals surface area contributed by atoms with Gasteiger partial charge in [-0.1, -0.05) is 37.3 Å². The smallest absolute Gasteiger partial charge is 0.342 e. The van der Waals surface area contributed by atoms with E-state index in [1.165, 1.54) is 16.8 Å². The molecule has 1 heterocycles. The van der Waals surface area contributed by atoms with Crippen LogP contribution in [0.25, 0.3) is 11.3 Å². The molecule has 3 aromatic carbocycles. The number of aryl methyl sites for hydroxylation is 1. The number of rotatable bonds is 7. The quantitative estimate of drug-likeness (QED) is 0.298. The molecule has 5 rings (SSSR count). The summed E-state index contributed by atoms with van der Waals surface area (Å²) >= 11 is 0. The normalized spacial score (nSPS) is 12.8. The first kappa shape index (κ1) is 24.2. The van der Waals surface area contributed by atoms with E-state index in [-0.39, 0.29) is 29.9 Å². The van der Waals surface area contributed by atoms with Crippen molar-refractivity contribution >= 4 is 17.6 Å². The average Bonchev–Trinajstić information content (AvgIpc) is 3.66. The van der Waals surface area contributed by atoms with E-state index in [0.29, 0.717) is 28.1 Å². The predicted molar refractivity (Wildman–Crippen MR) is 139 cm³/mol. The van der Waals surface area contributed by atoms with Gasteiger partial charge in [0.15, 0.2) is 0 Å². The molecule has 1 aliphatic rings. The first-order chi connectivity index (χ1) is 17.9. The van der Waals surface area contributed by atoms with E-state index in [9.17, 15) is 19.1 Å². The van der Waals surface area contributed by atoms with Crippen LogP contribution in [0.5, 0.6) is 5.75 Å². The van der Waals surface area contributed by atoms with Crippen LogP contribution in [0.15, 0.2) is 72.8 Å². The van der Waals surface area contributed by atoms with Crippen molar-refractivity contribution in [3.63, 3.8) is 0 Å². The van der Waals surface area contributed by atoms with Gasteiger partial charge in [-0.25, -0.2) is 9.18 Å². The number of hydrogen-bond donors (Lipinski definition) is 3. The van der Waals surface area contributed by atoms with Crippen molar-refractivity contribution in [2.45, 2.75) is 38.6 Å². The van der Waals surface area contributed by atoms with E-state index < -0.39 is 6.03 Å². The highest BCUT2D eigenvalue weighted by Gasteiger charge is 2.30. The summed E-state index contributed by atoms with van der Waals surface area (Å²) in [5.74, 6) is -0.527. The molecule has 0 aliphatic heterocycles. The molecule has 1 aliphatic carbocycles. The second-order valence-electron chi connectivity index (χ2n) is 9.13. The number of nitrogens with zero attached hydrogens (tertiary/aromatic N) is 2. The number of aromatic hydroxyl groups is 1. The molecular weight excluding hydrogens is 471 g/mol. The van der Waals surface area contributed by atoms with E-state index >= 15 is 0 Å². The van der Waals surface area contributed by atoms with Crippen LogP contribution in [0.4, 0.5) is 14.9 Å². The number of amides is 2. The van der Waals surface area contributed by atoms with Gasteiger partial charge in [-0.3, -0.25) is 4.79 Å². The minimum absolute atomic E-state index is 0.0334. The van der Waals surface area contributed by atoms with Crippen molar-refractivity contribution in [3.8, 4) is 17.0 Å². The van der Waals surface area contributed by atoms with Crippen LogP contribution in [0.2, 0.25) is 0 Å². The van der Waals surface area contributed by atoms with Crippen molar-refractivity contribution in [1.82, 2.24) is 15.1 Å². The van der Waals surface area contributed by atoms with Crippen LogP contribution >= 0.6 is 0 Å². The third-order valence-corrected chi connectivity index (χ3v) is 6.47. The first-order valence-corrected chi connectivity index (χ1v) is 12.3. The molecule has 7 nitrogen and oxygen atoms in total. The lowest BCUT2D eigenvalue weighted by Crippen LogP contribution is -2.30. The van der Waals surface area contributed by atoms with Gasteiger partial charge >= 0.3 is 6.03 Å². The number of aromatic nitrogens is 2. The van der Waals surface area contributed by atoms with Gasteiger partial charge in [-0.2, -0.15) is 9.78 Å². The number of phenolic OH excluding ortho intramolecular Hbond substituents is 1. The Morgan fingerprint density at radius 2 is 1.81 bits per heavy atom. The molecule has 1 aromatic heterocycles. The lowest BCUT2D eigenvalue weighted by molar-refractivity contribution is 0.102. The summed E-state index contributed by atoms with van der Waals surface area (Å²) in [5, 5.41) is 20.7. The lowest BCUT2D eigenvalue weighted by atomic mass is 10.1. The zero-order valence-electron chi connectivity index (χ0n) is 20.4. The van der Waals surface area contributed by atoms with Crippen LogP contribution in [0.3, 0.4) is 0 Å². The molecule has 0 bridgehead atoms. The summed E-state index contributed by atoms with van der Waals surface area (Å²) in [6.45, 7) is 2.08. The molecule has 4 aromatic rings. The van der Waals surface area contributed by atoms with Crippen LogP contribution < -0.4 is 10.6 Å². The van der Waals surface area contributed by atoms with Gasteiger partial charge in [0.05, 0.1) is 11.4 Å². The van der Waals surface area contributed by atoms with Crippen molar-refractivity contribution in [2.75, 3.05) is 5.32 Å². The minimum Gasteiger partial charge on any atom is -0.507 e. The SMILES string of the molecule is CCc1ccc(C(=O)Nc2ccc(-c3cc(C4CC4)n(C(=O)NCc4ccccc4F)n3)c(O)c2)cc1. The summed E-state index contributed by atoms with van der Waals surface area (Å²) < 4.78 is 15.2. The fraction of sp³-hybridized carbons (Fsp3) is 0.207. The Balaban J connectivity index is 1.33. The molecule has 3 N–H and O–H groups in total. The third-order valence-electron chi connectivity index (χ3n) is 6.47. The minimum atomic E-state index is -0.464. The fourth-order valence-electron chi connectivity index (χ4n) is 4.17. The number of hydrogen-bond acceptors (Lipinski definition) is 4. The Bertz CT molecular complexity index is 1460. The molecule has 0 saturated heterocycles. The van der Waals surface area contributed by atoms with Crippen molar-refractivity contribution in [3.05, 3.63) is 101 Å². The number of phenols is 1. The summed E-state index contributed by atoms with van der Waals surface area (Å²) in [7, 11) is 0. The van der Waals surface area contributed by atoms with Crippen LogP contribution in [0, 0.1) is 5.82 Å². The summed E-state index contributed by atoms with van der Waals surface area (Å²) in [6, 6.07) is 19.8. The van der Waals surface area contributed by atoms with Crippen LogP contribution in [0.1, 0.15) is 52.9 Å². The molecule has 37 heavy (non-hydrogen) atoms. The second kappa shape index (κ2) is 10.3. The third kappa shape index (κ3) is 5.38. The van der Waals surface area contributed by atoms with E-state index in [1.807, 2.05) is 19.1 Å². The largest absolute Gasteiger partial charge is 0.507 e. The molecule has 8 heteroatoms. The number of anilines is 1. The number of halogens is 1. The number of carbonyl (C=O) groups is 2. The van der Waals surface area contributed by atoms with E-state index in [0.717, 1.165) is 30.5 Å². The van der Waals surface area contributed by atoms with E-state index in [2.05, 4.69) is 15.7 Å². The number of nitrogens with one attached hydrogen (secondary N) is 2. The summed E-state index contributed by atoms with van der Waals surface area (Å²) in [4.78, 5) is 25.5. The molecule has 188 valence electrons. The maximum atomic E-state index is 13.9. The molecule has 1 fully saturated rings. The van der Waals surface area contributed by atoms with Crippen molar-refractivity contribution in [1.29, 1.82) is 0 Å². The molecule has 0 unspecified atom stereocenters. The number of benzene rings is 3. The summed E-state index contributed by atoms with van der Waals surface area (Å²) in [6.07, 6.45) is 2.78. The molecule has 0 radical (unpaired) electrons. The number of carbonyl (C=O) groups excluding carboxylic acids is 2. The Labute approximate surface area is 214 Å². The maximum Gasteiger partial charge on any atom is 0.342 e. The summed E-state index contributed by atoms with van der Waals surface area (Å²) in [5.41, 5.74) is 4.11. The van der Waals surface area contributed by atoms with Gasteiger partial charge in [-0.05, 0) is 61.2 Å². The molecule has 0 atom stereocenters. The van der Waals surface area contributed by atoms with Gasteiger partial charge < -0.3 is 15.7 Å². The lowest BCUT2D eigenvalue weighted by Gasteiger charge is -2.09. The van der Waals surface area contributed by atoms with E-state index in [4.69, 9.17) is 0 Å². The van der Waals surface area contributed by atoms with E-state index in [1.54, 1.807) is 48.5 Å². The highest BCUT2D eigenvalue weighted by molar-refractivity contribution is 6.04. The Hall–Kier alpha value is -4.46. The van der Waals surface area contributed by atoms with Crippen molar-refractivity contribution in [2.24, 2.45) is 0 Å². The maximum absolute atomic E-state index is 13.9. The van der Waals surface area contributed by atoms with Gasteiger partial charge in [0, 0.05) is 40.9 Å². The van der Waals surface area contributed by atoms with Crippen LogP contribution in [-0.4, -0.2) is 26.8 Å². The molecule has 2 amide bonds. The molecular formula is C29H27FN4O3. The van der Waals surface area contributed by atoms with Crippen LogP contribution in [-0.2, 0) is 13.0 Å². The molecule has 0 spiro atoms. The second-order valence-corrected chi connectivity index (χ2v) is 9.13. The van der Waals surface area contributed by atoms with Gasteiger partial charge in [-0.15, -0.1) is 0 Å². The van der Waals surface area contributed by atoms with Gasteiger partial charge in [0.25, 0.3) is 5.91 Å². The Kier molecular flexibility index (Phi) is 6.72. The zero-order valence-corrected chi connectivity index (χ0v) is 20.4. The van der Waals surface area contributed by atoms with Gasteiger partial charge in [0.1, 0.15) is 11.6 Å². The fourth-order valence-corrected chi connectivity index (χ4v) is 4.17. The Morgan fingerprint density at radius 1 is 1.05 bits per heavy atom. The Morgan fingerprint density at radius 3 is 2.49 bits per heavy atom. The average molecular weight is 499 g/mol. The zero-order chi connectivity index (χ0) is 25.9. The molecule has 1 saturated carbocycles. The first-order valence-electron chi connectivity index (χ1n) is 12.3. The van der Waals surface area contributed by atoms with Crippen molar-refractivity contribution < 1.29 is 19.1 Å².